The van der Waals surface area contributed by atoms with Gasteiger partial charge in [-0.25, -0.2) is 0 Å². The van der Waals surface area contributed by atoms with E-state index in [1.807, 2.05) is 52.3 Å². The Kier molecular flexibility index (Phi) is 6.54. The topological polar surface area (TPSA) is 62.3 Å². The van der Waals surface area contributed by atoms with Gasteiger partial charge in [0.15, 0.2) is 11.5 Å². The van der Waals surface area contributed by atoms with Crippen LogP contribution in [0, 0.1) is 0 Å². The molecule has 2 atom stereocenters. The van der Waals surface area contributed by atoms with Crippen molar-refractivity contribution in [3.05, 3.63) is 94.5 Å². The molecule has 0 N–H and O–H groups in total. The standard InChI is InChI=1S/C31H33N3O4/c1-37-26-18-22-12-13-34-29(25(22)19-27(26)38-2)28(23-10-6-7-11-24(23)30(34)35)31(36)33-16-14-32(15-17-33)20-21-8-4-3-5-9-21/h3-11,18-19,28-29H,12-17,20H2,1-2H3/t28-,29+/m0/s1. The van der Waals surface area contributed by atoms with Gasteiger partial charge in [-0.1, -0.05) is 48.5 Å². The minimum absolute atomic E-state index is 0.0113. The average molecular weight is 512 g/mol. The summed E-state index contributed by atoms with van der Waals surface area (Å²) < 4.78 is 11.2. The van der Waals surface area contributed by atoms with Gasteiger partial charge in [-0.3, -0.25) is 14.5 Å². The van der Waals surface area contributed by atoms with Crippen molar-refractivity contribution in [3.63, 3.8) is 0 Å². The van der Waals surface area contributed by atoms with Crippen molar-refractivity contribution in [1.82, 2.24) is 14.7 Å². The quantitative estimate of drug-likeness (QED) is 0.520. The molecule has 7 heteroatoms. The monoisotopic (exact) mass is 511 g/mol. The second kappa shape index (κ2) is 10.1. The van der Waals surface area contributed by atoms with E-state index in [1.54, 1.807) is 14.2 Å². The highest BCUT2D eigenvalue weighted by Crippen LogP contribution is 2.48. The Morgan fingerprint density at radius 1 is 0.842 bits per heavy atom. The molecule has 0 bridgehead atoms. The van der Waals surface area contributed by atoms with E-state index < -0.39 is 5.92 Å². The fraction of sp³-hybridized carbons (Fsp3) is 0.355. The summed E-state index contributed by atoms with van der Waals surface area (Å²) >= 11 is 0. The van der Waals surface area contributed by atoms with Crippen LogP contribution in [0.2, 0.25) is 0 Å². The molecule has 1 fully saturated rings. The summed E-state index contributed by atoms with van der Waals surface area (Å²) in [6.07, 6.45) is 0.708. The molecular formula is C31H33N3O4. The number of rotatable bonds is 5. The van der Waals surface area contributed by atoms with Gasteiger partial charge in [0.25, 0.3) is 5.91 Å². The fourth-order valence-corrected chi connectivity index (χ4v) is 6.28. The van der Waals surface area contributed by atoms with E-state index in [0.29, 0.717) is 43.1 Å². The largest absolute Gasteiger partial charge is 0.493 e. The highest BCUT2D eigenvalue weighted by Gasteiger charge is 2.48. The maximum absolute atomic E-state index is 14.3. The SMILES string of the molecule is COc1cc2c(cc1OC)[C@@H]1[C@@H](C(=O)N3CCN(Cc4ccccc4)CC3)c3ccccc3C(=O)N1CC2. The van der Waals surface area contributed by atoms with E-state index in [4.69, 9.17) is 9.47 Å². The minimum Gasteiger partial charge on any atom is -0.493 e. The average Bonchev–Trinajstić information content (AvgIpc) is 2.97. The van der Waals surface area contributed by atoms with Gasteiger partial charge >= 0.3 is 0 Å². The number of hydrogen-bond acceptors (Lipinski definition) is 5. The predicted molar refractivity (Wildman–Crippen MR) is 145 cm³/mol. The van der Waals surface area contributed by atoms with Gasteiger partial charge in [0, 0.05) is 44.8 Å². The molecule has 196 valence electrons. The first-order valence-electron chi connectivity index (χ1n) is 13.3. The Morgan fingerprint density at radius 3 is 2.26 bits per heavy atom. The van der Waals surface area contributed by atoms with Crippen LogP contribution >= 0.6 is 0 Å². The molecule has 0 unspecified atom stereocenters. The molecule has 1 saturated heterocycles. The van der Waals surface area contributed by atoms with Crippen molar-refractivity contribution in [2.24, 2.45) is 0 Å². The first kappa shape index (κ1) is 24.5. The molecular weight excluding hydrogens is 478 g/mol. The van der Waals surface area contributed by atoms with E-state index in [0.717, 1.165) is 36.3 Å². The van der Waals surface area contributed by atoms with Crippen molar-refractivity contribution >= 4 is 11.8 Å². The van der Waals surface area contributed by atoms with Crippen LogP contribution in [0.25, 0.3) is 0 Å². The zero-order valence-corrected chi connectivity index (χ0v) is 21.9. The number of amides is 2. The summed E-state index contributed by atoms with van der Waals surface area (Å²) in [6, 6.07) is 21.7. The van der Waals surface area contributed by atoms with Crippen molar-refractivity contribution in [1.29, 1.82) is 0 Å². The maximum Gasteiger partial charge on any atom is 0.254 e. The first-order valence-corrected chi connectivity index (χ1v) is 13.3. The predicted octanol–water partition coefficient (Wildman–Crippen LogP) is 3.89. The van der Waals surface area contributed by atoms with Gasteiger partial charge in [0.2, 0.25) is 5.91 Å². The summed E-state index contributed by atoms with van der Waals surface area (Å²) in [4.78, 5) is 34.3. The second-order valence-electron chi connectivity index (χ2n) is 10.3. The van der Waals surface area contributed by atoms with Crippen molar-refractivity contribution in [3.8, 4) is 11.5 Å². The number of carbonyl (C=O) groups excluding carboxylic acids is 2. The summed E-state index contributed by atoms with van der Waals surface area (Å²) in [6.45, 7) is 4.44. The Balaban J connectivity index is 1.33. The molecule has 6 rings (SSSR count). The molecule has 2 amide bonds. The van der Waals surface area contributed by atoms with Gasteiger partial charge in [-0.2, -0.15) is 0 Å². The van der Waals surface area contributed by atoms with Crippen LogP contribution < -0.4 is 9.47 Å². The van der Waals surface area contributed by atoms with Crippen LogP contribution in [0.3, 0.4) is 0 Å². The molecule has 3 aromatic rings. The van der Waals surface area contributed by atoms with E-state index in [9.17, 15) is 9.59 Å². The second-order valence-corrected chi connectivity index (χ2v) is 10.3. The normalized spacial score (nSPS) is 20.8. The Hall–Kier alpha value is -3.84. The van der Waals surface area contributed by atoms with Crippen LogP contribution in [-0.4, -0.2) is 73.5 Å². The van der Waals surface area contributed by atoms with E-state index in [-0.39, 0.29) is 17.9 Å². The van der Waals surface area contributed by atoms with Crippen LogP contribution in [-0.2, 0) is 17.8 Å². The van der Waals surface area contributed by atoms with E-state index in [1.165, 1.54) is 5.56 Å². The van der Waals surface area contributed by atoms with Crippen LogP contribution in [0.5, 0.6) is 11.5 Å². The highest BCUT2D eigenvalue weighted by atomic mass is 16.5. The highest BCUT2D eigenvalue weighted by molar-refractivity contribution is 6.01. The molecule has 0 radical (unpaired) electrons. The zero-order valence-electron chi connectivity index (χ0n) is 21.9. The van der Waals surface area contributed by atoms with E-state index >= 15 is 0 Å². The summed E-state index contributed by atoms with van der Waals surface area (Å²) in [7, 11) is 3.24. The van der Waals surface area contributed by atoms with Gasteiger partial charge in [0.05, 0.1) is 26.2 Å². The van der Waals surface area contributed by atoms with Crippen LogP contribution in [0.15, 0.2) is 66.7 Å². The summed E-state index contributed by atoms with van der Waals surface area (Å²) in [5.74, 6) is 0.881. The number of nitrogens with zero attached hydrogens (tertiary/aromatic N) is 3. The molecule has 3 aromatic carbocycles. The van der Waals surface area contributed by atoms with Gasteiger partial charge < -0.3 is 19.3 Å². The number of ether oxygens (including phenoxy) is 2. The lowest BCUT2D eigenvalue weighted by Gasteiger charge is -2.47. The number of fused-ring (bicyclic) bond motifs is 4. The number of benzene rings is 3. The van der Waals surface area contributed by atoms with Gasteiger partial charge in [0.1, 0.15) is 0 Å². The van der Waals surface area contributed by atoms with Crippen molar-refractivity contribution < 1.29 is 19.1 Å². The molecule has 38 heavy (non-hydrogen) atoms. The summed E-state index contributed by atoms with van der Waals surface area (Å²) in [5.41, 5.74) is 4.80. The molecule has 3 heterocycles. The Morgan fingerprint density at radius 2 is 1.53 bits per heavy atom. The minimum atomic E-state index is -0.471. The Labute approximate surface area is 223 Å². The van der Waals surface area contributed by atoms with Crippen molar-refractivity contribution in [2.75, 3.05) is 46.9 Å². The number of piperazine rings is 1. The number of methoxy groups -OCH3 is 2. The molecule has 0 spiro atoms. The maximum atomic E-state index is 14.3. The third-order valence-electron chi connectivity index (χ3n) is 8.22. The van der Waals surface area contributed by atoms with Crippen LogP contribution in [0.4, 0.5) is 0 Å². The molecule has 0 aromatic heterocycles. The lowest BCUT2D eigenvalue weighted by Crippen LogP contribution is -2.54. The number of carbonyl (C=O) groups is 2. The van der Waals surface area contributed by atoms with Crippen molar-refractivity contribution in [2.45, 2.75) is 24.9 Å². The molecule has 0 aliphatic carbocycles. The lowest BCUT2D eigenvalue weighted by atomic mass is 9.75. The summed E-state index contributed by atoms with van der Waals surface area (Å²) in [5, 5.41) is 0. The van der Waals surface area contributed by atoms with Gasteiger partial charge in [-0.05, 0) is 46.9 Å². The lowest BCUT2D eigenvalue weighted by molar-refractivity contribution is -0.136. The fourth-order valence-electron chi connectivity index (χ4n) is 6.28. The molecule has 3 aliphatic rings. The molecule has 3 aliphatic heterocycles. The van der Waals surface area contributed by atoms with Gasteiger partial charge in [-0.15, -0.1) is 0 Å². The zero-order chi connectivity index (χ0) is 26.2. The first-order chi connectivity index (χ1) is 18.6. The number of hydrogen-bond donors (Lipinski definition) is 0. The molecule has 7 nitrogen and oxygen atoms in total. The Bertz CT molecular complexity index is 1350. The van der Waals surface area contributed by atoms with E-state index in [2.05, 4.69) is 29.2 Å². The van der Waals surface area contributed by atoms with Crippen LogP contribution in [0.1, 0.15) is 44.6 Å². The third kappa shape index (κ3) is 4.21. The smallest absolute Gasteiger partial charge is 0.254 e. The molecule has 0 saturated carbocycles. The third-order valence-corrected chi connectivity index (χ3v) is 8.22.